The van der Waals surface area contributed by atoms with Crippen LogP contribution in [0.5, 0.6) is 0 Å². The van der Waals surface area contributed by atoms with Gasteiger partial charge in [-0.05, 0) is 30.2 Å². The molecule has 0 spiro atoms. The maximum atomic E-state index is 3.77. The van der Waals surface area contributed by atoms with Crippen LogP contribution in [0.3, 0.4) is 0 Å². The van der Waals surface area contributed by atoms with Crippen molar-refractivity contribution in [3.63, 3.8) is 0 Å². The molecule has 1 N–H and O–H groups in total. The molecule has 1 fully saturated rings. The number of nitrogens with one attached hydrogen (secondary N) is 1. The Morgan fingerprint density at radius 3 is 2.52 bits per heavy atom. The van der Waals surface area contributed by atoms with Gasteiger partial charge in [0.15, 0.2) is 0 Å². The minimum Gasteiger partial charge on any atom is -0.382 e. The van der Waals surface area contributed by atoms with Gasteiger partial charge in [-0.25, -0.2) is 0 Å². The summed E-state index contributed by atoms with van der Waals surface area (Å²) >= 11 is 0. The minimum absolute atomic E-state index is 0.610. The maximum Gasteiger partial charge on any atom is 0.0422 e. The van der Waals surface area contributed by atoms with Gasteiger partial charge in [-0.1, -0.05) is 50.2 Å². The lowest BCUT2D eigenvalue weighted by atomic mass is 10.0. The van der Waals surface area contributed by atoms with Crippen molar-refractivity contribution in [3.8, 4) is 0 Å². The summed E-state index contributed by atoms with van der Waals surface area (Å²) in [6.07, 6.45) is 2.49. The van der Waals surface area contributed by atoms with Crippen molar-refractivity contribution in [2.45, 2.75) is 32.7 Å². The summed E-state index contributed by atoms with van der Waals surface area (Å²) in [5, 5.41) is 6.43. The van der Waals surface area contributed by atoms with Gasteiger partial charge in [0.1, 0.15) is 0 Å². The number of anilines is 1. The molecule has 0 aliphatic carbocycles. The summed E-state index contributed by atoms with van der Waals surface area (Å²) in [7, 11) is 0. The fourth-order valence-corrected chi connectivity index (χ4v) is 3.35. The van der Waals surface area contributed by atoms with Gasteiger partial charge in [0.2, 0.25) is 0 Å². The standard InChI is InChI=1S/C19H26N2/c1-15(2)14-21-12-10-17(11-13-21)20-19-9-5-7-16-6-3-4-8-18(16)19/h3-9,15,17,20H,10-14H2,1-2H3. The van der Waals surface area contributed by atoms with Crippen molar-refractivity contribution < 1.29 is 0 Å². The number of nitrogens with zero attached hydrogens (tertiary/aromatic N) is 1. The number of rotatable bonds is 4. The Kier molecular flexibility index (Phi) is 4.45. The normalized spacial score (nSPS) is 17.5. The molecule has 0 amide bonds. The first-order chi connectivity index (χ1) is 10.2. The molecule has 112 valence electrons. The lowest BCUT2D eigenvalue weighted by Gasteiger charge is -2.34. The van der Waals surface area contributed by atoms with E-state index in [4.69, 9.17) is 0 Å². The van der Waals surface area contributed by atoms with Gasteiger partial charge >= 0.3 is 0 Å². The van der Waals surface area contributed by atoms with Crippen LogP contribution >= 0.6 is 0 Å². The molecular formula is C19H26N2. The van der Waals surface area contributed by atoms with E-state index in [0.29, 0.717) is 6.04 Å². The Labute approximate surface area is 128 Å². The summed E-state index contributed by atoms with van der Waals surface area (Å²) in [4.78, 5) is 2.60. The van der Waals surface area contributed by atoms with E-state index in [2.05, 4.69) is 66.5 Å². The van der Waals surface area contributed by atoms with Crippen LogP contribution < -0.4 is 5.32 Å². The smallest absolute Gasteiger partial charge is 0.0422 e. The lowest BCUT2D eigenvalue weighted by molar-refractivity contribution is 0.198. The first-order valence-electron chi connectivity index (χ1n) is 8.19. The quantitative estimate of drug-likeness (QED) is 0.895. The van der Waals surface area contributed by atoms with Crippen LogP contribution in [-0.2, 0) is 0 Å². The van der Waals surface area contributed by atoms with E-state index in [-0.39, 0.29) is 0 Å². The van der Waals surface area contributed by atoms with E-state index in [1.165, 1.54) is 48.9 Å². The van der Waals surface area contributed by atoms with Gasteiger partial charge < -0.3 is 10.2 Å². The number of piperidine rings is 1. The molecule has 0 bridgehead atoms. The summed E-state index contributed by atoms with van der Waals surface area (Å²) in [6, 6.07) is 15.8. The molecule has 1 aliphatic rings. The molecule has 0 saturated carbocycles. The van der Waals surface area contributed by atoms with Crippen LogP contribution in [0.25, 0.3) is 10.8 Å². The molecule has 1 heterocycles. The molecule has 0 atom stereocenters. The lowest BCUT2D eigenvalue weighted by Crippen LogP contribution is -2.40. The highest BCUT2D eigenvalue weighted by molar-refractivity contribution is 5.93. The highest BCUT2D eigenvalue weighted by Gasteiger charge is 2.19. The van der Waals surface area contributed by atoms with Crippen LogP contribution in [0.1, 0.15) is 26.7 Å². The first-order valence-corrected chi connectivity index (χ1v) is 8.19. The van der Waals surface area contributed by atoms with Gasteiger partial charge in [-0.2, -0.15) is 0 Å². The predicted octanol–water partition coefficient (Wildman–Crippen LogP) is 4.37. The summed E-state index contributed by atoms with van der Waals surface area (Å²) in [6.45, 7) is 8.29. The molecule has 3 rings (SSSR count). The summed E-state index contributed by atoms with van der Waals surface area (Å²) in [5.74, 6) is 0.771. The van der Waals surface area contributed by atoms with E-state index in [9.17, 15) is 0 Å². The van der Waals surface area contributed by atoms with Crippen LogP contribution in [-0.4, -0.2) is 30.6 Å². The Hall–Kier alpha value is -1.54. The van der Waals surface area contributed by atoms with Crippen molar-refractivity contribution in [3.05, 3.63) is 42.5 Å². The van der Waals surface area contributed by atoms with Crippen LogP contribution in [0.4, 0.5) is 5.69 Å². The highest BCUT2D eigenvalue weighted by Crippen LogP contribution is 2.25. The molecule has 2 aromatic rings. The Morgan fingerprint density at radius 1 is 1.05 bits per heavy atom. The number of fused-ring (bicyclic) bond motifs is 1. The van der Waals surface area contributed by atoms with Crippen molar-refractivity contribution in [1.82, 2.24) is 4.90 Å². The Bertz CT molecular complexity index is 578. The van der Waals surface area contributed by atoms with Crippen molar-refractivity contribution in [2.24, 2.45) is 5.92 Å². The third-order valence-electron chi connectivity index (χ3n) is 4.36. The fourth-order valence-electron chi connectivity index (χ4n) is 3.35. The molecule has 2 heteroatoms. The second-order valence-corrected chi connectivity index (χ2v) is 6.64. The monoisotopic (exact) mass is 282 g/mol. The van der Waals surface area contributed by atoms with E-state index in [0.717, 1.165) is 5.92 Å². The predicted molar refractivity (Wildman–Crippen MR) is 91.9 cm³/mol. The largest absolute Gasteiger partial charge is 0.382 e. The van der Waals surface area contributed by atoms with Gasteiger partial charge in [-0.15, -0.1) is 0 Å². The molecule has 0 radical (unpaired) electrons. The third-order valence-corrected chi connectivity index (χ3v) is 4.36. The second kappa shape index (κ2) is 6.48. The Morgan fingerprint density at radius 2 is 1.76 bits per heavy atom. The molecule has 1 aliphatic heterocycles. The van der Waals surface area contributed by atoms with E-state index < -0.39 is 0 Å². The SMILES string of the molecule is CC(C)CN1CCC(Nc2cccc3ccccc23)CC1. The Balaban J connectivity index is 1.65. The molecule has 21 heavy (non-hydrogen) atoms. The fraction of sp³-hybridized carbons (Fsp3) is 0.474. The highest BCUT2D eigenvalue weighted by atomic mass is 15.1. The average molecular weight is 282 g/mol. The van der Waals surface area contributed by atoms with Crippen molar-refractivity contribution in [1.29, 1.82) is 0 Å². The first kappa shape index (κ1) is 14.4. The summed E-state index contributed by atoms with van der Waals surface area (Å²) < 4.78 is 0. The summed E-state index contributed by atoms with van der Waals surface area (Å²) in [5.41, 5.74) is 1.29. The average Bonchev–Trinajstić information content (AvgIpc) is 2.49. The van der Waals surface area contributed by atoms with Gasteiger partial charge in [0.25, 0.3) is 0 Å². The number of hydrogen-bond donors (Lipinski definition) is 1. The van der Waals surface area contributed by atoms with Crippen LogP contribution in [0, 0.1) is 5.92 Å². The second-order valence-electron chi connectivity index (χ2n) is 6.64. The van der Waals surface area contributed by atoms with E-state index in [1.54, 1.807) is 0 Å². The van der Waals surface area contributed by atoms with Crippen molar-refractivity contribution in [2.75, 3.05) is 25.0 Å². The topological polar surface area (TPSA) is 15.3 Å². The zero-order chi connectivity index (χ0) is 14.7. The molecule has 2 aromatic carbocycles. The molecule has 2 nitrogen and oxygen atoms in total. The van der Waals surface area contributed by atoms with Crippen molar-refractivity contribution >= 4 is 16.5 Å². The van der Waals surface area contributed by atoms with E-state index >= 15 is 0 Å². The van der Waals surface area contributed by atoms with Gasteiger partial charge in [0, 0.05) is 36.7 Å². The molecule has 0 aromatic heterocycles. The molecular weight excluding hydrogens is 256 g/mol. The minimum atomic E-state index is 0.610. The number of hydrogen-bond acceptors (Lipinski definition) is 2. The van der Waals surface area contributed by atoms with Gasteiger partial charge in [0.05, 0.1) is 0 Å². The van der Waals surface area contributed by atoms with Crippen LogP contribution in [0.15, 0.2) is 42.5 Å². The number of likely N-dealkylation sites (tertiary alicyclic amines) is 1. The zero-order valence-corrected chi connectivity index (χ0v) is 13.2. The molecule has 0 unspecified atom stereocenters. The maximum absolute atomic E-state index is 3.77. The third kappa shape index (κ3) is 3.56. The number of benzene rings is 2. The van der Waals surface area contributed by atoms with Gasteiger partial charge in [-0.3, -0.25) is 0 Å². The van der Waals surface area contributed by atoms with E-state index in [1.807, 2.05) is 0 Å². The molecule has 1 saturated heterocycles. The zero-order valence-electron chi connectivity index (χ0n) is 13.2. The van der Waals surface area contributed by atoms with Crippen LogP contribution in [0.2, 0.25) is 0 Å².